The Morgan fingerprint density at radius 3 is 2.59 bits per heavy atom. The van der Waals surface area contributed by atoms with E-state index in [0.29, 0.717) is 24.8 Å². The summed E-state index contributed by atoms with van der Waals surface area (Å²) in [5, 5.41) is 11.7. The Bertz CT molecular complexity index is 1160. The number of halogens is 1. The largest absolute Gasteiger partial charge is 0.383 e. The van der Waals surface area contributed by atoms with Gasteiger partial charge in [-0.1, -0.05) is 13.8 Å². The Kier molecular flexibility index (Phi) is 8.06. The van der Waals surface area contributed by atoms with Crippen molar-refractivity contribution >= 4 is 34.1 Å². The normalized spacial score (nSPS) is 13.3. The third-order valence-corrected chi connectivity index (χ3v) is 5.63. The summed E-state index contributed by atoms with van der Waals surface area (Å²) in [5.74, 6) is -0.919. The van der Waals surface area contributed by atoms with Gasteiger partial charge in [-0.15, -0.1) is 0 Å². The van der Waals surface area contributed by atoms with Crippen LogP contribution in [-0.4, -0.2) is 46.5 Å². The number of benzene rings is 1. The van der Waals surface area contributed by atoms with Gasteiger partial charge in [0.15, 0.2) is 11.6 Å². The highest BCUT2D eigenvalue weighted by Gasteiger charge is 2.21. The lowest BCUT2D eigenvalue weighted by molar-refractivity contribution is 0.100. The van der Waals surface area contributed by atoms with Crippen LogP contribution in [0.25, 0.3) is 10.9 Å². The molecule has 0 saturated carbocycles. The highest BCUT2D eigenvalue weighted by Crippen LogP contribution is 2.28. The van der Waals surface area contributed by atoms with Crippen molar-refractivity contribution in [2.45, 2.75) is 52.7 Å². The molecule has 184 valence electrons. The van der Waals surface area contributed by atoms with Crippen LogP contribution < -0.4 is 22.1 Å². The molecular formula is C24H34FN7O2. The van der Waals surface area contributed by atoms with Crippen LogP contribution in [0.1, 0.15) is 43.2 Å². The maximum Gasteiger partial charge on any atom is 0.252 e. The molecule has 0 bridgehead atoms. The number of amides is 1. The zero-order valence-electron chi connectivity index (χ0n) is 20.4. The van der Waals surface area contributed by atoms with Crippen LogP contribution >= 0.6 is 0 Å². The number of fused-ring (bicyclic) bond motifs is 1. The zero-order valence-corrected chi connectivity index (χ0v) is 20.4. The number of carbonyl (C=O) groups excluding carboxylic acids is 1. The average molecular weight is 472 g/mol. The summed E-state index contributed by atoms with van der Waals surface area (Å²) in [6.45, 7) is 9.10. The third kappa shape index (κ3) is 5.81. The number of nitrogens with two attached hydrogens (primary N) is 2. The van der Waals surface area contributed by atoms with Gasteiger partial charge in [-0.3, -0.25) is 9.48 Å². The van der Waals surface area contributed by atoms with Gasteiger partial charge in [0.05, 0.1) is 29.9 Å². The Morgan fingerprint density at radius 2 is 1.97 bits per heavy atom. The number of aryl methyl sites for hydroxylation is 1. The van der Waals surface area contributed by atoms with E-state index in [4.69, 9.17) is 16.2 Å². The summed E-state index contributed by atoms with van der Waals surface area (Å²) in [6, 6.07) is 6.36. The summed E-state index contributed by atoms with van der Waals surface area (Å²) >= 11 is 0. The lowest BCUT2D eigenvalue weighted by atomic mass is 9.99. The van der Waals surface area contributed by atoms with Gasteiger partial charge in [-0.25, -0.2) is 9.37 Å². The maximum absolute atomic E-state index is 14.8. The molecule has 2 aromatic heterocycles. The Labute approximate surface area is 199 Å². The molecule has 3 rings (SSSR count). The first kappa shape index (κ1) is 25.4. The molecule has 0 unspecified atom stereocenters. The van der Waals surface area contributed by atoms with Gasteiger partial charge in [0.25, 0.3) is 5.91 Å². The van der Waals surface area contributed by atoms with Crippen molar-refractivity contribution < 1.29 is 13.9 Å². The van der Waals surface area contributed by atoms with Crippen molar-refractivity contribution in [3.8, 4) is 0 Å². The SMILES string of the molecule is COCCn1nc(C)c2cc(Nc3nc(N[C@H](CC(C)C)[C@H](C)N)c(F)cc3C(N)=O)ccc21. The second kappa shape index (κ2) is 10.8. The number of pyridine rings is 1. The molecule has 0 aliphatic heterocycles. The Balaban J connectivity index is 1.96. The summed E-state index contributed by atoms with van der Waals surface area (Å²) < 4.78 is 21.9. The minimum absolute atomic E-state index is 0.0140. The first-order valence-corrected chi connectivity index (χ1v) is 11.4. The van der Waals surface area contributed by atoms with Gasteiger partial charge in [0, 0.05) is 30.3 Å². The molecule has 2 atom stereocenters. The van der Waals surface area contributed by atoms with Gasteiger partial charge in [-0.2, -0.15) is 5.10 Å². The second-order valence-corrected chi connectivity index (χ2v) is 8.98. The zero-order chi connectivity index (χ0) is 25.0. The number of ether oxygens (including phenoxy) is 1. The first-order valence-electron chi connectivity index (χ1n) is 11.4. The number of rotatable bonds is 11. The van der Waals surface area contributed by atoms with Gasteiger partial charge in [0.1, 0.15) is 5.82 Å². The number of primary amides is 1. The molecule has 34 heavy (non-hydrogen) atoms. The van der Waals surface area contributed by atoms with Crippen LogP contribution in [0.4, 0.5) is 21.7 Å². The van der Waals surface area contributed by atoms with Crippen molar-refractivity contribution in [1.29, 1.82) is 0 Å². The van der Waals surface area contributed by atoms with E-state index in [9.17, 15) is 9.18 Å². The number of nitrogens with zero attached hydrogens (tertiary/aromatic N) is 3. The highest BCUT2D eigenvalue weighted by molar-refractivity contribution is 5.99. The van der Waals surface area contributed by atoms with Crippen LogP contribution in [0, 0.1) is 18.7 Å². The molecule has 0 aliphatic carbocycles. The molecule has 10 heteroatoms. The molecule has 0 radical (unpaired) electrons. The molecule has 9 nitrogen and oxygen atoms in total. The lowest BCUT2D eigenvalue weighted by Gasteiger charge is -2.25. The van der Waals surface area contributed by atoms with Crippen molar-refractivity contribution in [2.24, 2.45) is 17.4 Å². The number of methoxy groups -OCH3 is 1. The van der Waals surface area contributed by atoms with E-state index >= 15 is 0 Å². The molecule has 6 N–H and O–H groups in total. The number of hydrogen-bond donors (Lipinski definition) is 4. The number of nitrogens with one attached hydrogen (secondary N) is 2. The van der Waals surface area contributed by atoms with Crippen LogP contribution in [-0.2, 0) is 11.3 Å². The van der Waals surface area contributed by atoms with E-state index in [1.807, 2.05) is 36.7 Å². The van der Waals surface area contributed by atoms with E-state index in [0.717, 1.165) is 29.1 Å². The number of aromatic nitrogens is 3. The quantitative estimate of drug-likeness (QED) is 0.336. The predicted octanol–water partition coefficient (Wildman–Crippen LogP) is 3.54. The third-order valence-electron chi connectivity index (χ3n) is 5.63. The summed E-state index contributed by atoms with van der Waals surface area (Å²) in [6.07, 6.45) is 0.738. The molecule has 0 fully saturated rings. The Hall–Kier alpha value is -3.24. The molecule has 2 heterocycles. The van der Waals surface area contributed by atoms with E-state index in [1.165, 1.54) is 0 Å². The van der Waals surface area contributed by atoms with E-state index < -0.39 is 11.7 Å². The number of carbonyl (C=O) groups is 1. The number of anilines is 3. The second-order valence-electron chi connectivity index (χ2n) is 8.98. The fraction of sp³-hybridized carbons (Fsp3) is 0.458. The van der Waals surface area contributed by atoms with Gasteiger partial charge in [0.2, 0.25) is 0 Å². The van der Waals surface area contributed by atoms with Gasteiger partial charge >= 0.3 is 0 Å². The summed E-state index contributed by atoms with van der Waals surface area (Å²) in [7, 11) is 1.65. The lowest BCUT2D eigenvalue weighted by Crippen LogP contribution is -2.39. The number of hydrogen-bond acceptors (Lipinski definition) is 7. The minimum atomic E-state index is -0.781. The van der Waals surface area contributed by atoms with Gasteiger partial charge in [-0.05, 0) is 50.5 Å². The fourth-order valence-electron chi connectivity index (χ4n) is 3.86. The van der Waals surface area contributed by atoms with Crippen molar-refractivity contribution in [3.05, 3.63) is 41.3 Å². The Morgan fingerprint density at radius 1 is 1.24 bits per heavy atom. The van der Waals surface area contributed by atoms with Crippen molar-refractivity contribution in [2.75, 3.05) is 24.4 Å². The van der Waals surface area contributed by atoms with Crippen LogP contribution in [0.2, 0.25) is 0 Å². The maximum atomic E-state index is 14.8. The molecule has 0 saturated heterocycles. The molecule has 1 aromatic carbocycles. The smallest absolute Gasteiger partial charge is 0.252 e. The average Bonchev–Trinajstić information content (AvgIpc) is 3.08. The molecule has 1 amide bonds. The van der Waals surface area contributed by atoms with Crippen molar-refractivity contribution in [3.63, 3.8) is 0 Å². The highest BCUT2D eigenvalue weighted by atomic mass is 19.1. The summed E-state index contributed by atoms with van der Waals surface area (Å²) in [4.78, 5) is 16.4. The fourth-order valence-corrected chi connectivity index (χ4v) is 3.86. The van der Waals surface area contributed by atoms with E-state index in [-0.39, 0.29) is 29.3 Å². The predicted molar refractivity (Wildman–Crippen MR) is 133 cm³/mol. The first-order chi connectivity index (χ1) is 16.1. The monoisotopic (exact) mass is 471 g/mol. The standard InChI is InChI=1S/C24H34FN7O2/c1-13(2)10-20(14(3)26)29-24-19(25)12-18(22(27)33)23(30-24)28-16-6-7-21-17(11-16)15(4)31-32(21)8-9-34-5/h6-7,11-14,20H,8-10,26H2,1-5H3,(H2,27,33)(H2,28,29,30)/t14-,20+/m0/s1. The molecule has 0 spiro atoms. The minimum Gasteiger partial charge on any atom is -0.383 e. The van der Waals surface area contributed by atoms with Crippen LogP contribution in [0.3, 0.4) is 0 Å². The summed E-state index contributed by atoms with van der Waals surface area (Å²) in [5.41, 5.74) is 14.1. The van der Waals surface area contributed by atoms with Crippen LogP contribution in [0.5, 0.6) is 0 Å². The molecule has 0 aliphatic rings. The van der Waals surface area contributed by atoms with Gasteiger partial charge < -0.3 is 26.8 Å². The van der Waals surface area contributed by atoms with E-state index in [2.05, 4.69) is 34.6 Å². The van der Waals surface area contributed by atoms with E-state index in [1.54, 1.807) is 7.11 Å². The van der Waals surface area contributed by atoms with Crippen molar-refractivity contribution in [1.82, 2.24) is 14.8 Å². The topological polar surface area (TPSA) is 133 Å². The molecular weight excluding hydrogens is 437 g/mol. The van der Waals surface area contributed by atoms with Crippen LogP contribution in [0.15, 0.2) is 24.3 Å². The molecule has 3 aromatic rings.